The Kier molecular flexibility index (Phi) is 5.65. The third-order valence-corrected chi connectivity index (χ3v) is 7.18. The van der Waals surface area contributed by atoms with Crippen LogP contribution in [0.1, 0.15) is 76.2 Å². The number of pyridine rings is 1. The number of unbranched alkanes of at least 4 members (excludes halogenated alkanes) is 1. The number of nitrogens with zero attached hydrogens (tertiary/aromatic N) is 5. The predicted octanol–water partition coefficient (Wildman–Crippen LogP) is 3.99. The maximum atomic E-state index is 13.9. The van der Waals surface area contributed by atoms with Crippen LogP contribution in [0.3, 0.4) is 0 Å². The standard InChI is InChI=1S/C26H35N5O3/c1-5-6-13-30-20-10-8-7-9-19(20)28-22(30)15-31-21-14-27-12-11-18(21)26(23(31)32)16-29(17-26)24(33)34-25(2,3)4/h11-12,14H,5-10,13,15-17H2,1-4H3. The molecule has 4 heterocycles. The fourth-order valence-electron chi connectivity index (χ4n) is 5.51. The van der Waals surface area contributed by atoms with Gasteiger partial charge in [0, 0.05) is 31.5 Å². The van der Waals surface area contributed by atoms with E-state index in [9.17, 15) is 9.59 Å². The summed E-state index contributed by atoms with van der Waals surface area (Å²) in [5, 5.41) is 0. The fourth-order valence-corrected chi connectivity index (χ4v) is 5.51. The first-order valence-corrected chi connectivity index (χ1v) is 12.5. The van der Waals surface area contributed by atoms with Crippen LogP contribution in [0.25, 0.3) is 0 Å². The largest absolute Gasteiger partial charge is 0.444 e. The Hall–Kier alpha value is -2.90. The molecule has 0 N–H and O–H groups in total. The van der Waals surface area contributed by atoms with Gasteiger partial charge in [-0.25, -0.2) is 9.78 Å². The normalized spacial score (nSPS) is 18.6. The van der Waals surface area contributed by atoms with Gasteiger partial charge in [0.2, 0.25) is 5.91 Å². The van der Waals surface area contributed by atoms with E-state index in [1.807, 2.05) is 31.7 Å². The number of fused-ring (bicyclic) bond motifs is 3. The third-order valence-electron chi connectivity index (χ3n) is 7.18. The molecule has 2 aromatic rings. The summed E-state index contributed by atoms with van der Waals surface area (Å²) in [6, 6.07) is 1.92. The Morgan fingerprint density at radius 3 is 2.71 bits per heavy atom. The number of ether oxygens (including phenoxy) is 1. The Labute approximate surface area is 201 Å². The van der Waals surface area contributed by atoms with E-state index in [0.29, 0.717) is 19.6 Å². The number of carbonyl (C=O) groups excluding carboxylic acids is 2. The molecule has 8 heteroatoms. The fraction of sp³-hybridized carbons (Fsp3) is 0.615. The molecule has 0 atom stereocenters. The smallest absolute Gasteiger partial charge is 0.410 e. The van der Waals surface area contributed by atoms with Crippen molar-refractivity contribution in [2.45, 2.75) is 90.3 Å². The van der Waals surface area contributed by atoms with Crippen LogP contribution in [-0.4, -0.2) is 50.1 Å². The summed E-state index contributed by atoms with van der Waals surface area (Å²) >= 11 is 0. The van der Waals surface area contributed by atoms with E-state index < -0.39 is 11.0 Å². The highest BCUT2D eigenvalue weighted by molar-refractivity contribution is 6.09. The molecule has 2 aromatic heterocycles. The number of amides is 2. The molecule has 2 amide bonds. The van der Waals surface area contributed by atoms with Crippen LogP contribution in [0.2, 0.25) is 0 Å². The first-order chi connectivity index (χ1) is 16.2. The molecule has 0 bridgehead atoms. The van der Waals surface area contributed by atoms with Crippen molar-refractivity contribution in [2.24, 2.45) is 0 Å². The average Bonchev–Trinajstić information content (AvgIpc) is 3.23. The Balaban J connectivity index is 1.42. The number of anilines is 1. The topological polar surface area (TPSA) is 80.6 Å². The molecule has 3 aliphatic rings. The zero-order valence-electron chi connectivity index (χ0n) is 20.8. The SMILES string of the molecule is CCCCn1c(CN2C(=O)C3(CN(C(=O)OC(C)(C)C)C3)c3ccncc32)nc2c1CCCC2. The van der Waals surface area contributed by atoms with Gasteiger partial charge in [-0.2, -0.15) is 0 Å². The van der Waals surface area contributed by atoms with Crippen molar-refractivity contribution in [2.75, 3.05) is 18.0 Å². The molecule has 0 saturated carbocycles. The number of hydrogen-bond donors (Lipinski definition) is 0. The molecule has 5 rings (SSSR count). The van der Waals surface area contributed by atoms with E-state index in [2.05, 4.69) is 16.5 Å². The summed E-state index contributed by atoms with van der Waals surface area (Å²) in [7, 11) is 0. The monoisotopic (exact) mass is 465 g/mol. The molecule has 0 aromatic carbocycles. The van der Waals surface area contributed by atoms with Gasteiger partial charge in [-0.1, -0.05) is 13.3 Å². The van der Waals surface area contributed by atoms with Crippen LogP contribution in [-0.2, 0) is 40.9 Å². The van der Waals surface area contributed by atoms with E-state index >= 15 is 0 Å². The van der Waals surface area contributed by atoms with E-state index in [-0.39, 0.29) is 12.0 Å². The van der Waals surface area contributed by atoms with Crippen LogP contribution in [0, 0.1) is 0 Å². The van der Waals surface area contributed by atoms with Crippen molar-refractivity contribution in [3.05, 3.63) is 41.2 Å². The summed E-state index contributed by atoms with van der Waals surface area (Å²) < 4.78 is 7.89. The minimum atomic E-state index is -0.727. The Morgan fingerprint density at radius 1 is 1.21 bits per heavy atom. The summed E-state index contributed by atoms with van der Waals surface area (Å²) in [6.45, 7) is 9.78. The number of rotatable bonds is 5. The number of likely N-dealkylation sites (tertiary alicyclic amines) is 1. The summed E-state index contributed by atoms with van der Waals surface area (Å²) in [4.78, 5) is 39.3. The van der Waals surface area contributed by atoms with E-state index in [1.54, 1.807) is 17.3 Å². The molecule has 0 unspecified atom stereocenters. The second-order valence-electron chi connectivity index (χ2n) is 10.8. The second-order valence-corrected chi connectivity index (χ2v) is 10.8. The lowest BCUT2D eigenvalue weighted by Gasteiger charge is -2.46. The van der Waals surface area contributed by atoms with Gasteiger partial charge in [0.15, 0.2) is 0 Å². The molecule has 1 saturated heterocycles. The minimum Gasteiger partial charge on any atom is -0.444 e. The van der Waals surface area contributed by atoms with Crippen LogP contribution in [0.4, 0.5) is 10.5 Å². The number of aryl methyl sites for hydroxylation is 1. The minimum absolute atomic E-state index is 0.0262. The van der Waals surface area contributed by atoms with Crippen molar-refractivity contribution >= 4 is 17.7 Å². The number of imidazole rings is 1. The Bertz CT molecular complexity index is 1110. The highest BCUT2D eigenvalue weighted by Crippen LogP contribution is 2.47. The zero-order chi connectivity index (χ0) is 24.1. The quantitative estimate of drug-likeness (QED) is 0.667. The highest BCUT2D eigenvalue weighted by atomic mass is 16.6. The lowest BCUT2D eigenvalue weighted by Crippen LogP contribution is -2.65. The molecule has 8 nitrogen and oxygen atoms in total. The maximum absolute atomic E-state index is 13.9. The van der Waals surface area contributed by atoms with Crippen molar-refractivity contribution < 1.29 is 14.3 Å². The first kappa shape index (κ1) is 22.9. The molecule has 34 heavy (non-hydrogen) atoms. The molecule has 1 spiro atoms. The van der Waals surface area contributed by atoms with Gasteiger partial charge in [-0.05, 0) is 64.5 Å². The van der Waals surface area contributed by atoms with Crippen molar-refractivity contribution in [3.8, 4) is 0 Å². The van der Waals surface area contributed by atoms with Crippen molar-refractivity contribution in [1.29, 1.82) is 0 Å². The van der Waals surface area contributed by atoms with Crippen LogP contribution < -0.4 is 4.90 Å². The highest BCUT2D eigenvalue weighted by Gasteiger charge is 2.60. The van der Waals surface area contributed by atoms with Crippen LogP contribution >= 0.6 is 0 Å². The third kappa shape index (κ3) is 3.77. The number of hydrogen-bond acceptors (Lipinski definition) is 5. The molecule has 1 aliphatic carbocycles. The summed E-state index contributed by atoms with van der Waals surface area (Å²) in [6.07, 6.45) is 9.80. The Morgan fingerprint density at radius 2 is 1.97 bits per heavy atom. The van der Waals surface area contributed by atoms with Crippen LogP contribution in [0.5, 0.6) is 0 Å². The second kappa shape index (κ2) is 8.40. The lowest BCUT2D eigenvalue weighted by atomic mass is 9.75. The molecule has 2 aliphatic heterocycles. The van der Waals surface area contributed by atoms with E-state index in [0.717, 1.165) is 49.3 Å². The zero-order valence-corrected chi connectivity index (χ0v) is 20.8. The van der Waals surface area contributed by atoms with Gasteiger partial charge in [0.25, 0.3) is 0 Å². The lowest BCUT2D eigenvalue weighted by molar-refractivity contribution is -0.129. The van der Waals surface area contributed by atoms with E-state index in [4.69, 9.17) is 9.72 Å². The molecule has 1 fully saturated rings. The number of aromatic nitrogens is 3. The average molecular weight is 466 g/mol. The van der Waals surface area contributed by atoms with E-state index in [1.165, 1.54) is 24.2 Å². The molecular weight excluding hydrogens is 430 g/mol. The molecule has 0 radical (unpaired) electrons. The first-order valence-electron chi connectivity index (χ1n) is 12.5. The van der Waals surface area contributed by atoms with Crippen molar-refractivity contribution in [1.82, 2.24) is 19.4 Å². The van der Waals surface area contributed by atoms with Gasteiger partial charge in [0.05, 0.1) is 24.1 Å². The van der Waals surface area contributed by atoms with Gasteiger partial charge in [0.1, 0.15) is 16.8 Å². The van der Waals surface area contributed by atoms with Crippen LogP contribution in [0.15, 0.2) is 18.5 Å². The van der Waals surface area contributed by atoms with Gasteiger partial charge >= 0.3 is 6.09 Å². The molecule has 182 valence electrons. The summed E-state index contributed by atoms with van der Waals surface area (Å²) in [5.74, 6) is 0.988. The molecular formula is C26H35N5O3. The van der Waals surface area contributed by atoms with Gasteiger partial charge in [-0.3, -0.25) is 9.78 Å². The maximum Gasteiger partial charge on any atom is 0.410 e. The van der Waals surface area contributed by atoms with Crippen molar-refractivity contribution in [3.63, 3.8) is 0 Å². The van der Waals surface area contributed by atoms with Gasteiger partial charge < -0.3 is 19.1 Å². The van der Waals surface area contributed by atoms with Gasteiger partial charge in [-0.15, -0.1) is 0 Å². The number of carbonyl (C=O) groups is 2. The summed E-state index contributed by atoms with van der Waals surface area (Å²) in [5.41, 5.74) is 3.03. The predicted molar refractivity (Wildman–Crippen MR) is 129 cm³/mol.